The Bertz CT molecular complexity index is 1080. The molecule has 1 aliphatic heterocycles. The zero-order chi connectivity index (χ0) is 18.2. The maximum Gasteiger partial charge on any atom is 0.249 e. The minimum atomic E-state index is 0.148. The third-order valence-corrected chi connectivity index (χ3v) is 4.92. The van der Waals surface area contributed by atoms with E-state index in [9.17, 15) is 0 Å². The fourth-order valence-electron chi connectivity index (χ4n) is 3.53. The second-order valence-corrected chi connectivity index (χ2v) is 6.84. The van der Waals surface area contributed by atoms with Crippen molar-refractivity contribution < 1.29 is 4.42 Å². The molecule has 1 aliphatic rings. The molecule has 134 valence electrons. The standard InChI is InChI=1S/C20H18N6O/c1-13-4-2-5-14(10-13)18-23-22-17-8-7-16(12-26(17)18)20-25-24-19(27-20)15-6-3-9-21-11-15/h2-6,9-11,16H,7-8,12H2,1H3. The van der Waals surface area contributed by atoms with Crippen molar-refractivity contribution >= 4 is 0 Å². The Hall–Kier alpha value is -3.35. The Morgan fingerprint density at radius 1 is 1.04 bits per heavy atom. The minimum absolute atomic E-state index is 0.148. The van der Waals surface area contributed by atoms with E-state index in [0.29, 0.717) is 11.8 Å². The molecule has 0 fully saturated rings. The van der Waals surface area contributed by atoms with E-state index in [1.165, 1.54) is 5.56 Å². The highest BCUT2D eigenvalue weighted by molar-refractivity contribution is 5.56. The molecule has 0 saturated carbocycles. The first-order chi connectivity index (χ1) is 13.3. The van der Waals surface area contributed by atoms with Crippen LogP contribution in [0.3, 0.4) is 0 Å². The first kappa shape index (κ1) is 15.9. The van der Waals surface area contributed by atoms with Crippen LogP contribution in [-0.4, -0.2) is 29.9 Å². The van der Waals surface area contributed by atoms with E-state index in [2.05, 4.69) is 55.1 Å². The predicted octanol–water partition coefficient (Wildman–Crippen LogP) is 3.43. The van der Waals surface area contributed by atoms with E-state index >= 15 is 0 Å². The van der Waals surface area contributed by atoms with Crippen LogP contribution >= 0.6 is 0 Å². The summed E-state index contributed by atoms with van der Waals surface area (Å²) in [6, 6.07) is 12.1. The number of rotatable bonds is 3. The number of aryl methyl sites for hydroxylation is 2. The Labute approximate surface area is 156 Å². The van der Waals surface area contributed by atoms with Crippen LogP contribution in [0.2, 0.25) is 0 Å². The zero-order valence-corrected chi connectivity index (χ0v) is 14.9. The summed E-state index contributed by atoms with van der Waals surface area (Å²) >= 11 is 0. The second-order valence-electron chi connectivity index (χ2n) is 6.84. The van der Waals surface area contributed by atoms with Crippen LogP contribution in [0, 0.1) is 6.92 Å². The first-order valence-electron chi connectivity index (χ1n) is 9.01. The highest BCUT2D eigenvalue weighted by Gasteiger charge is 2.28. The van der Waals surface area contributed by atoms with Crippen molar-refractivity contribution in [3.63, 3.8) is 0 Å². The van der Waals surface area contributed by atoms with Gasteiger partial charge in [0.25, 0.3) is 0 Å². The SMILES string of the molecule is Cc1cccc(-c2nnc3n2CC(c2nnc(-c4cccnc4)o2)CC3)c1. The summed E-state index contributed by atoms with van der Waals surface area (Å²) in [6.45, 7) is 2.82. The number of nitrogens with zero attached hydrogens (tertiary/aromatic N) is 6. The smallest absolute Gasteiger partial charge is 0.249 e. The summed E-state index contributed by atoms with van der Waals surface area (Å²) in [5, 5.41) is 17.3. The zero-order valence-electron chi connectivity index (χ0n) is 14.9. The van der Waals surface area contributed by atoms with E-state index in [0.717, 1.165) is 42.2 Å². The van der Waals surface area contributed by atoms with Gasteiger partial charge in [0.15, 0.2) is 5.82 Å². The fourth-order valence-corrected chi connectivity index (χ4v) is 3.53. The number of fused-ring (bicyclic) bond motifs is 1. The number of pyridine rings is 1. The second kappa shape index (κ2) is 6.42. The lowest BCUT2D eigenvalue weighted by Gasteiger charge is -2.21. The molecule has 4 heterocycles. The molecule has 27 heavy (non-hydrogen) atoms. The fraction of sp³-hybridized carbons (Fsp3) is 0.250. The third-order valence-electron chi connectivity index (χ3n) is 4.92. The van der Waals surface area contributed by atoms with Crippen molar-refractivity contribution in [2.45, 2.75) is 32.2 Å². The molecule has 0 aliphatic carbocycles. The molecule has 0 bridgehead atoms. The van der Waals surface area contributed by atoms with Crippen molar-refractivity contribution in [2.75, 3.05) is 0 Å². The van der Waals surface area contributed by atoms with Crippen LogP contribution in [0.15, 0.2) is 53.2 Å². The van der Waals surface area contributed by atoms with Crippen molar-refractivity contribution in [1.82, 2.24) is 29.9 Å². The van der Waals surface area contributed by atoms with Crippen LogP contribution in [0.5, 0.6) is 0 Å². The van der Waals surface area contributed by atoms with Crippen molar-refractivity contribution in [1.29, 1.82) is 0 Å². The van der Waals surface area contributed by atoms with Crippen molar-refractivity contribution in [3.8, 4) is 22.8 Å². The lowest BCUT2D eigenvalue weighted by atomic mass is 9.99. The minimum Gasteiger partial charge on any atom is -0.420 e. The summed E-state index contributed by atoms with van der Waals surface area (Å²) in [4.78, 5) is 4.11. The van der Waals surface area contributed by atoms with Crippen LogP contribution in [0.25, 0.3) is 22.8 Å². The summed E-state index contributed by atoms with van der Waals surface area (Å²) < 4.78 is 8.13. The number of hydrogen-bond acceptors (Lipinski definition) is 6. The summed E-state index contributed by atoms with van der Waals surface area (Å²) in [5.74, 6) is 3.21. The van der Waals surface area contributed by atoms with Crippen molar-refractivity contribution in [2.24, 2.45) is 0 Å². The summed E-state index contributed by atoms with van der Waals surface area (Å²) in [6.07, 6.45) is 5.21. The van der Waals surface area contributed by atoms with Gasteiger partial charge in [-0.15, -0.1) is 20.4 Å². The highest BCUT2D eigenvalue weighted by Crippen LogP contribution is 2.32. The predicted molar refractivity (Wildman–Crippen MR) is 98.8 cm³/mol. The third kappa shape index (κ3) is 2.91. The normalized spacial score (nSPS) is 16.3. The Morgan fingerprint density at radius 2 is 1.96 bits per heavy atom. The molecule has 1 atom stereocenters. The topological polar surface area (TPSA) is 82.5 Å². The molecule has 4 aromatic rings. The van der Waals surface area contributed by atoms with Gasteiger partial charge in [0.2, 0.25) is 11.8 Å². The molecule has 0 spiro atoms. The molecule has 1 aromatic carbocycles. The average Bonchev–Trinajstić information content (AvgIpc) is 3.35. The Balaban J connectivity index is 1.45. The Morgan fingerprint density at radius 3 is 2.81 bits per heavy atom. The van der Waals surface area contributed by atoms with Crippen LogP contribution in [-0.2, 0) is 13.0 Å². The first-order valence-corrected chi connectivity index (χ1v) is 9.01. The molecular formula is C20H18N6O. The number of hydrogen-bond donors (Lipinski definition) is 0. The summed E-state index contributed by atoms with van der Waals surface area (Å²) in [5.41, 5.74) is 3.11. The largest absolute Gasteiger partial charge is 0.420 e. The highest BCUT2D eigenvalue weighted by atomic mass is 16.4. The van der Waals surface area contributed by atoms with Crippen LogP contribution in [0.1, 0.15) is 29.6 Å². The maximum atomic E-state index is 5.95. The molecule has 0 radical (unpaired) electrons. The van der Waals surface area contributed by atoms with E-state index in [4.69, 9.17) is 4.42 Å². The van der Waals surface area contributed by atoms with Gasteiger partial charge in [0.1, 0.15) is 5.82 Å². The lowest BCUT2D eigenvalue weighted by Crippen LogP contribution is -2.20. The quantitative estimate of drug-likeness (QED) is 0.558. The molecular weight excluding hydrogens is 340 g/mol. The molecule has 7 nitrogen and oxygen atoms in total. The monoisotopic (exact) mass is 358 g/mol. The van der Waals surface area contributed by atoms with Gasteiger partial charge in [-0.05, 0) is 31.5 Å². The number of aromatic nitrogens is 6. The molecule has 1 unspecified atom stereocenters. The van der Waals surface area contributed by atoms with Crippen LogP contribution < -0.4 is 0 Å². The van der Waals surface area contributed by atoms with Gasteiger partial charge < -0.3 is 8.98 Å². The Kier molecular flexibility index (Phi) is 3.78. The molecule has 3 aromatic heterocycles. The van der Waals surface area contributed by atoms with Gasteiger partial charge in [0, 0.05) is 30.9 Å². The maximum absolute atomic E-state index is 5.95. The van der Waals surface area contributed by atoms with Gasteiger partial charge in [-0.2, -0.15) is 0 Å². The average molecular weight is 358 g/mol. The molecule has 5 rings (SSSR count). The van der Waals surface area contributed by atoms with Crippen LogP contribution in [0.4, 0.5) is 0 Å². The van der Waals surface area contributed by atoms with E-state index in [1.54, 1.807) is 12.4 Å². The lowest BCUT2D eigenvalue weighted by molar-refractivity contribution is 0.374. The van der Waals surface area contributed by atoms with E-state index in [1.807, 2.05) is 18.2 Å². The van der Waals surface area contributed by atoms with Gasteiger partial charge in [-0.3, -0.25) is 4.98 Å². The molecule has 0 amide bonds. The molecule has 0 saturated heterocycles. The number of benzene rings is 1. The van der Waals surface area contributed by atoms with Gasteiger partial charge in [-0.1, -0.05) is 23.8 Å². The van der Waals surface area contributed by atoms with E-state index < -0.39 is 0 Å². The summed E-state index contributed by atoms with van der Waals surface area (Å²) in [7, 11) is 0. The van der Waals surface area contributed by atoms with E-state index in [-0.39, 0.29) is 5.92 Å². The van der Waals surface area contributed by atoms with Gasteiger partial charge >= 0.3 is 0 Å². The van der Waals surface area contributed by atoms with Crippen molar-refractivity contribution in [3.05, 3.63) is 66.1 Å². The molecule has 7 heteroatoms. The van der Waals surface area contributed by atoms with Gasteiger partial charge in [0.05, 0.1) is 11.5 Å². The van der Waals surface area contributed by atoms with Gasteiger partial charge in [-0.25, -0.2) is 0 Å². The molecule has 0 N–H and O–H groups in total.